The second-order valence-electron chi connectivity index (χ2n) is 11.0. The van der Waals surface area contributed by atoms with Crippen molar-refractivity contribution in [2.24, 2.45) is 0 Å². The Bertz CT molecular complexity index is 1720. The third kappa shape index (κ3) is 3.40. The Morgan fingerprint density at radius 3 is 1.98 bits per heavy atom. The molecule has 0 amide bonds. The zero-order valence-corrected chi connectivity index (χ0v) is 25.9. The molecule has 0 fully saturated rings. The first-order valence-corrected chi connectivity index (χ1v) is 19.0. The van der Waals surface area contributed by atoms with Gasteiger partial charge in [0.05, 0.1) is 0 Å². The summed E-state index contributed by atoms with van der Waals surface area (Å²) in [6.07, 6.45) is 10.8. The van der Waals surface area contributed by atoms with Crippen molar-refractivity contribution < 1.29 is 26.1 Å². The van der Waals surface area contributed by atoms with Gasteiger partial charge in [0.1, 0.15) is 0 Å². The van der Waals surface area contributed by atoms with Crippen LogP contribution in [0.3, 0.4) is 0 Å². The van der Waals surface area contributed by atoms with Crippen LogP contribution in [0.4, 0.5) is 0 Å². The molecule has 5 aromatic rings. The standard InChI is InChI=1S/C37H38IN2/c1-4-7-15-28-24-25-39-36(26-28)32-19-12-14-21-34(32)38(37(39,5-2)6-3)33-20-13-11-18-31(33)35-23-22-30(27-40(35)38)29-16-9-8-10-17-29/h8-14,16-27H,4-7,15H2,1-3H3/q+1. The molecule has 0 N–H and O–H groups in total. The number of aryl methyl sites for hydroxylation is 1. The molecule has 1 atom stereocenters. The first-order valence-electron chi connectivity index (χ1n) is 14.8. The van der Waals surface area contributed by atoms with Crippen LogP contribution in [0.15, 0.2) is 116 Å². The molecule has 0 saturated carbocycles. The van der Waals surface area contributed by atoms with E-state index in [1.807, 2.05) is 0 Å². The van der Waals surface area contributed by atoms with Crippen molar-refractivity contribution in [1.82, 2.24) is 0 Å². The van der Waals surface area contributed by atoms with E-state index in [0.29, 0.717) is 0 Å². The molecule has 7 rings (SSSR count). The van der Waals surface area contributed by atoms with Gasteiger partial charge in [-0.2, -0.15) is 0 Å². The summed E-state index contributed by atoms with van der Waals surface area (Å²) in [5.41, 5.74) is 9.64. The summed E-state index contributed by atoms with van der Waals surface area (Å²) in [5.74, 6) is 0. The summed E-state index contributed by atoms with van der Waals surface area (Å²) in [6.45, 7) is 7.16. The van der Waals surface area contributed by atoms with Gasteiger partial charge in [0.15, 0.2) is 0 Å². The Hall–Kier alpha value is -3.31. The molecule has 0 bridgehead atoms. The van der Waals surface area contributed by atoms with E-state index in [1.165, 1.54) is 52.0 Å². The fourth-order valence-corrected chi connectivity index (χ4v) is 21.3. The number of pyridine rings is 2. The van der Waals surface area contributed by atoms with Crippen LogP contribution in [-0.4, -0.2) is 0 Å². The second-order valence-corrected chi connectivity index (χ2v) is 19.4. The average Bonchev–Trinajstić information content (AvgIpc) is 3.32. The Labute approximate surface area is 243 Å². The molecule has 202 valence electrons. The normalized spacial score (nSPS) is 19.3. The first-order chi connectivity index (χ1) is 19.7. The topological polar surface area (TPSA) is 7.76 Å². The van der Waals surface area contributed by atoms with Gasteiger partial charge >= 0.3 is 244 Å². The quantitative estimate of drug-likeness (QED) is 0.140. The van der Waals surface area contributed by atoms with Crippen molar-refractivity contribution in [2.75, 3.05) is 0 Å². The number of rotatable bonds is 6. The number of aromatic nitrogens is 2. The molecule has 3 aromatic carbocycles. The number of nitrogens with zero attached hydrogens (tertiary/aromatic N) is 2. The summed E-state index contributed by atoms with van der Waals surface area (Å²) < 4.78 is 8.72. The van der Waals surface area contributed by atoms with E-state index < -0.39 is 18.7 Å². The molecule has 1 spiro atoms. The summed E-state index contributed by atoms with van der Waals surface area (Å²) in [5, 5.41) is 0. The fraction of sp³-hybridized carbons (Fsp3) is 0.243. The van der Waals surface area contributed by atoms with Crippen molar-refractivity contribution in [3.8, 4) is 33.6 Å². The molecule has 3 heteroatoms. The molecular formula is C37H38IN2+. The van der Waals surface area contributed by atoms with Crippen molar-refractivity contribution in [2.45, 2.75) is 56.4 Å². The number of fused-ring (bicyclic) bond motifs is 9. The van der Waals surface area contributed by atoms with E-state index in [1.54, 1.807) is 7.14 Å². The molecule has 0 radical (unpaired) electrons. The number of alkyl halides is 1. The predicted molar refractivity (Wildman–Crippen MR) is 160 cm³/mol. The van der Waals surface area contributed by atoms with Crippen molar-refractivity contribution in [1.29, 1.82) is 0 Å². The zero-order chi connectivity index (χ0) is 27.3. The van der Waals surface area contributed by atoms with Gasteiger partial charge in [-0.25, -0.2) is 0 Å². The summed E-state index contributed by atoms with van der Waals surface area (Å²) in [7, 11) is 0. The number of halogens is 1. The van der Waals surface area contributed by atoms with Crippen molar-refractivity contribution in [3.63, 3.8) is 0 Å². The molecule has 1 unspecified atom stereocenters. The van der Waals surface area contributed by atoms with Gasteiger partial charge in [-0.3, -0.25) is 0 Å². The Balaban J connectivity index is 1.61. The monoisotopic (exact) mass is 637 g/mol. The van der Waals surface area contributed by atoms with Crippen LogP contribution in [0.5, 0.6) is 0 Å². The number of hydrogen-bond acceptors (Lipinski definition) is 0. The van der Waals surface area contributed by atoms with Crippen molar-refractivity contribution in [3.05, 3.63) is 128 Å². The predicted octanol–water partition coefficient (Wildman–Crippen LogP) is 5.07. The SMILES string of the molecule is CCCCc1cc[n+]2c(c1)-c1ccccc1[I-]1(c3ccccc3-c3ccc(-c4ccccc4)c[n+]31)C2(CC)CC. The maximum absolute atomic E-state index is 3.31. The third-order valence-electron chi connectivity index (χ3n) is 9.04. The van der Waals surface area contributed by atoms with E-state index in [9.17, 15) is 0 Å². The second kappa shape index (κ2) is 9.95. The minimum absolute atomic E-state index is 0.0132. The molecular weight excluding hydrogens is 599 g/mol. The Morgan fingerprint density at radius 2 is 1.30 bits per heavy atom. The average molecular weight is 638 g/mol. The maximum atomic E-state index is 2.83. The van der Waals surface area contributed by atoms with Crippen LogP contribution in [0.2, 0.25) is 0 Å². The van der Waals surface area contributed by atoms with E-state index in [-0.39, 0.29) is 3.55 Å². The number of unbranched alkanes of at least 4 members (excludes halogenated alkanes) is 1. The van der Waals surface area contributed by atoms with Crippen LogP contribution in [0, 0.1) is 7.14 Å². The van der Waals surface area contributed by atoms with Crippen LogP contribution in [0.1, 0.15) is 52.0 Å². The van der Waals surface area contributed by atoms with Gasteiger partial charge in [0, 0.05) is 0 Å². The molecule has 2 aromatic heterocycles. The molecule has 2 aliphatic heterocycles. The van der Waals surface area contributed by atoms with Gasteiger partial charge in [0.25, 0.3) is 0 Å². The summed E-state index contributed by atoms with van der Waals surface area (Å²) in [4.78, 5) is 0. The van der Waals surface area contributed by atoms with Gasteiger partial charge in [-0.05, 0) is 0 Å². The minimum atomic E-state index is -3.31. The Kier molecular flexibility index (Phi) is 6.38. The van der Waals surface area contributed by atoms with E-state index in [2.05, 4.69) is 144 Å². The van der Waals surface area contributed by atoms with Crippen LogP contribution in [0.25, 0.3) is 33.6 Å². The summed E-state index contributed by atoms with van der Waals surface area (Å²) in [6, 6.07) is 39.3. The Morgan fingerprint density at radius 1 is 0.650 bits per heavy atom. The van der Waals surface area contributed by atoms with Gasteiger partial charge in [-0.1, -0.05) is 0 Å². The van der Waals surface area contributed by atoms with E-state index in [4.69, 9.17) is 0 Å². The van der Waals surface area contributed by atoms with Crippen LogP contribution >= 0.6 is 0 Å². The molecule has 0 saturated heterocycles. The van der Waals surface area contributed by atoms with E-state index in [0.717, 1.165) is 19.3 Å². The number of benzene rings is 3. The van der Waals surface area contributed by atoms with Crippen molar-refractivity contribution >= 4 is 0 Å². The molecule has 0 aliphatic carbocycles. The van der Waals surface area contributed by atoms with Crippen LogP contribution < -0.4 is 26.1 Å². The molecule has 2 aliphatic rings. The third-order valence-corrected chi connectivity index (χ3v) is 21.6. The first kappa shape index (κ1) is 25.6. The summed E-state index contributed by atoms with van der Waals surface area (Å²) >= 11 is -3.31. The zero-order valence-electron chi connectivity index (χ0n) is 23.8. The van der Waals surface area contributed by atoms with Crippen LogP contribution in [-0.2, 0) is 9.97 Å². The van der Waals surface area contributed by atoms with E-state index >= 15 is 0 Å². The number of hydrogen-bond donors (Lipinski definition) is 0. The van der Waals surface area contributed by atoms with Gasteiger partial charge in [0.2, 0.25) is 0 Å². The van der Waals surface area contributed by atoms with Gasteiger partial charge < -0.3 is 0 Å². The fourth-order valence-electron chi connectivity index (χ4n) is 7.11. The molecule has 40 heavy (non-hydrogen) atoms. The molecule has 2 nitrogen and oxygen atoms in total. The van der Waals surface area contributed by atoms with Gasteiger partial charge in [-0.15, -0.1) is 0 Å². The molecule has 4 heterocycles.